The largest absolute Gasteiger partial charge is 0.326 e. The van der Waals surface area contributed by atoms with E-state index in [1.165, 1.54) is 24.0 Å². The zero-order chi connectivity index (χ0) is 17.4. The molecule has 130 valence electrons. The predicted molar refractivity (Wildman–Crippen MR) is 100 cm³/mol. The molecule has 0 saturated heterocycles. The smallest absolute Gasteiger partial charge is 0.225 e. The third kappa shape index (κ3) is 6.34. The topological polar surface area (TPSA) is 32.3 Å². The van der Waals surface area contributed by atoms with Crippen molar-refractivity contribution in [3.05, 3.63) is 29.3 Å². The van der Waals surface area contributed by atoms with Crippen LogP contribution in [0.25, 0.3) is 0 Å². The Bertz CT molecular complexity index is 468. The SMILES string of the molecule is CCCCN(C)CCC(=O)Nc1c(C(C)C)cccc1C(C)C. The van der Waals surface area contributed by atoms with E-state index in [0.717, 1.165) is 18.8 Å². The van der Waals surface area contributed by atoms with Gasteiger partial charge in [-0.05, 0) is 43.0 Å². The fourth-order valence-corrected chi connectivity index (χ4v) is 2.73. The van der Waals surface area contributed by atoms with E-state index < -0.39 is 0 Å². The zero-order valence-corrected chi connectivity index (χ0v) is 15.8. The number of anilines is 1. The van der Waals surface area contributed by atoms with Crippen molar-refractivity contribution < 1.29 is 4.79 Å². The zero-order valence-electron chi connectivity index (χ0n) is 15.8. The maximum Gasteiger partial charge on any atom is 0.225 e. The first-order chi connectivity index (χ1) is 10.9. The molecule has 1 amide bonds. The Morgan fingerprint density at radius 3 is 2.13 bits per heavy atom. The van der Waals surface area contributed by atoms with Crippen LogP contribution in [0.15, 0.2) is 18.2 Å². The van der Waals surface area contributed by atoms with Crippen LogP contribution in [0.2, 0.25) is 0 Å². The third-order valence-corrected chi connectivity index (χ3v) is 4.25. The molecule has 0 saturated carbocycles. The van der Waals surface area contributed by atoms with Crippen LogP contribution < -0.4 is 5.32 Å². The molecule has 0 spiro atoms. The highest BCUT2D eigenvalue weighted by Gasteiger charge is 2.16. The Morgan fingerprint density at radius 2 is 1.65 bits per heavy atom. The molecule has 0 atom stereocenters. The van der Waals surface area contributed by atoms with Gasteiger partial charge in [0.15, 0.2) is 0 Å². The number of hydrogen-bond acceptors (Lipinski definition) is 2. The van der Waals surface area contributed by atoms with Crippen molar-refractivity contribution in [2.75, 3.05) is 25.5 Å². The highest BCUT2D eigenvalue weighted by molar-refractivity contribution is 5.92. The second-order valence-electron chi connectivity index (χ2n) is 7.08. The van der Waals surface area contributed by atoms with Gasteiger partial charge in [-0.2, -0.15) is 0 Å². The molecule has 0 aliphatic heterocycles. The molecular formula is C20H34N2O. The number of nitrogens with one attached hydrogen (secondary N) is 1. The van der Waals surface area contributed by atoms with E-state index in [4.69, 9.17) is 0 Å². The summed E-state index contributed by atoms with van der Waals surface area (Å²) in [5, 5.41) is 3.19. The molecule has 23 heavy (non-hydrogen) atoms. The minimum Gasteiger partial charge on any atom is -0.326 e. The van der Waals surface area contributed by atoms with E-state index in [2.05, 4.69) is 70.1 Å². The molecular weight excluding hydrogens is 284 g/mol. The van der Waals surface area contributed by atoms with Crippen LogP contribution >= 0.6 is 0 Å². The van der Waals surface area contributed by atoms with Gasteiger partial charge in [0, 0.05) is 18.7 Å². The first-order valence-electron chi connectivity index (χ1n) is 8.98. The van der Waals surface area contributed by atoms with E-state index in [1.54, 1.807) is 0 Å². The molecule has 3 nitrogen and oxygen atoms in total. The minimum absolute atomic E-state index is 0.114. The Balaban J connectivity index is 2.77. The van der Waals surface area contributed by atoms with Gasteiger partial charge < -0.3 is 10.2 Å². The molecule has 0 aliphatic rings. The molecule has 1 aromatic carbocycles. The summed E-state index contributed by atoms with van der Waals surface area (Å²) in [7, 11) is 2.09. The average Bonchev–Trinajstić information content (AvgIpc) is 2.50. The number of unbranched alkanes of at least 4 members (excludes halogenated alkanes) is 1. The molecule has 0 unspecified atom stereocenters. The van der Waals surface area contributed by atoms with Crippen LogP contribution in [0.5, 0.6) is 0 Å². The number of carbonyl (C=O) groups is 1. The second kappa shape index (κ2) is 9.71. The number of amides is 1. The van der Waals surface area contributed by atoms with Crippen molar-refractivity contribution in [3.8, 4) is 0 Å². The third-order valence-electron chi connectivity index (χ3n) is 4.25. The number of hydrogen-bond donors (Lipinski definition) is 1. The lowest BCUT2D eigenvalue weighted by atomic mass is 9.92. The number of rotatable bonds is 9. The van der Waals surface area contributed by atoms with Gasteiger partial charge in [-0.15, -0.1) is 0 Å². The van der Waals surface area contributed by atoms with Crippen LogP contribution in [0.4, 0.5) is 5.69 Å². The summed E-state index contributed by atoms with van der Waals surface area (Å²) < 4.78 is 0. The normalized spacial score (nSPS) is 11.5. The fourth-order valence-electron chi connectivity index (χ4n) is 2.73. The maximum absolute atomic E-state index is 12.4. The molecule has 1 aromatic rings. The highest BCUT2D eigenvalue weighted by atomic mass is 16.1. The van der Waals surface area contributed by atoms with E-state index in [0.29, 0.717) is 18.3 Å². The highest BCUT2D eigenvalue weighted by Crippen LogP contribution is 2.32. The molecule has 0 heterocycles. The summed E-state index contributed by atoms with van der Waals surface area (Å²) in [5.41, 5.74) is 3.48. The monoisotopic (exact) mass is 318 g/mol. The minimum atomic E-state index is 0.114. The van der Waals surface area contributed by atoms with E-state index in [-0.39, 0.29) is 5.91 Å². The molecule has 1 rings (SSSR count). The summed E-state index contributed by atoms with van der Waals surface area (Å²) in [4.78, 5) is 14.6. The van der Waals surface area contributed by atoms with Crippen molar-refractivity contribution in [2.24, 2.45) is 0 Å². The predicted octanol–water partition coefficient (Wildman–Crippen LogP) is 4.99. The lowest BCUT2D eigenvalue weighted by Gasteiger charge is -2.21. The first-order valence-corrected chi connectivity index (χ1v) is 8.98. The van der Waals surface area contributed by atoms with Gasteiger partial charge in [0.05, 0.1) is 0 Å². The van der Waals surface area contributed by atoms with Crippen molar-refractivity contribution in [1.82, 2.24) is 4.90 Å². The van der Waals surface area contributed by atoms with Gasteiger partial charge in [-0.1, -0.05) is 59.2 Å². The Morgan fingerprint density at radius 1 is 1.09 bits per heavy atom. The van der Waals surface area contributed by atoms with Gasteiger partial charge in [0.2, 0.25) is 5.91 Å². The Hall–Kier alpha value is -1.35. The van der Waals surface area contributed by atoms with Crippen molar-refractivity contribution in [2.45, 2.75) is 65.7 Å². The van der Waals surface area contributed by atoms with Crippen LogP contribution in [-0.4, -0.2) is 30.9 Å². The van der Waals surface area contributed by atoms with Gasteiger partial charge in [0.1, 0.15) is 0 Å². The summed E-state index contributed by atoms with van der Waals surface area (Å²) in [6, 6.07) is 6.35. The lowest BCUT2D eigenvalue weighted by Crippen LogP contribution is -2.25. The lowest BCUT2D eigenvalue weighted by molar-refractivity contribution is -0.116. The standard InChI is InChI=1S/C20H34N2O/c1-7-8-13-22(6)14-12-19(23)21-20-17(15(2)3)10-9-11-18(20)16(4)5/h9-11,15-16H,7-8,12-14H2,1-6H3,(H,21,23). The van der Waals surface area contributed by atoms with Gasteiger partial charge >= 0.3 is 0 Å². The number of benzene rings is 1. The molecule has 0 radical (unpaired) electrons. The van der Waals surface area contributed by atoms with Gasteiger partial charge in [0.25, 0.3) is 0 Å². The summed E-state index contributed by atoms with van der Waals surface area (Å²) >= 11 is 0. The molecule has 1 N–H and O–H groups in total. The molecule has 0 aliphatic carbocycles. The molecule has 0 fully saturated rings. The van der Waals surface area contributed by atoms with E-state index in [9.17, 15) is 4.79 Å². The molecule has 0 bridgehead atoms. The van der Waals surface area contributed by atoms with Gasteiger partial charge in [-0.25, -0.2) is 0 Å². The van der Waals surface area contributed by atoms with Crippen LogP contribution in [0.1, 0.15) is 76.8 Å². The fraction of sp³-hybridized carbons (Fsp3) is 0.650. The Kier molecular flexibility index (Phi) is 8.32. The van der Waals surface area contributed by atoms with E-state index >= 15 is 0 Å². The molecule has 3 heteroatoms. The van der Waals surface area contributed by atoms with Crippen molar-refractivity contribution in [1.29, 1.82) is 0 Å². The molecule has 0 aromatic heterocycles. The van der Waals surface area contributed by atoms with Crippen molar-refractivity contribution in [3.63, 3.8) is 0 Å². The van der Waals surface area contributed by atoms with Gasteiger partial charge in [-0.3, -0.25) is 4.79 Å². The number of carbonyl (C=O) groups excluding carboxylic acids is 1. The van der Waals surface area contributed by atoms with Crippen molar-refractivity contribution >= 4 is 11.6 Å². The van der Waals surface area contributed by atoms with Crippen LogP contribution in [0, 0.1) is 0 Å². The maximum atomic E-state index is 12.4. The van der Waals surface area contributed by atoms with E-state index in [1.807, 2.05) is 0 Å². The number of para-hydroxylation sites is 1. The summed E-state index contributed by atoms with van der Waals surface area (Å²) in [6.45, 7) is 12.8. The van der Waals surface area contributed by atoms with Crippen LogP contribution in [-0.2, 0) is 4.79 Å². The quantitative estimate of drug-likeness (QED) is 0.695. The average molecular weight is 319 g/mol. The second-order valence-corrected chi connectivity index (χ2v) is 7.08. The number of nitrogens with zero attached hydrogens (tertiary/aromatic N) is 1. The summed E-state index contributed by atoms with van der Waals surface area (Å²) in [6.07, 6.45) is 2.92. The Labute approximate surface area is 142 Å². The van der Waals surface area contributed by atoms with Crippen LogP contribution in [0.3, 0.4) is 0 Å². The first kappa shape index (κ1) is 19.7. The summed E-state index contributed by atoms with van der Waals surface area (Å²) in [5.74, 6) is 0.913.